The molecule has 1 fully saturated rings. The minimum atomic E-state index is -0.983. The van der Waals surface area contributed by atoms with Gasteiger partial charge in [0.05, 0.1) is 6.54 Å². The van der Waals surface area contributed by atoms with E-state index in [-0.39, 0.29) is 12.5 Å². The number of rotatable bonds is 7. The molecule has 0 bridgehead atoms. The smallest absolute Gasteiger partial charge is 0.325 e. The second-order valence-electron chi connectivity index (χ2n) is 7.46. The highest BCUT2D eigenvalue weighted by molar-refractivity contribution is 5.90. The fourth-order valence-electron chi connectivity index (χ4n) is 3.77. The van der Waals surface area contributed by atoms with Crippen molar-refractivity contribution in [1.29, 1.82) is 0 Å². The number of likely N-dealkylation sites (N-methyl/N-ethyl adjacent to an activating group) is 1. The summed E-state index contributed by atoms with van der Waals surface area (Å²) in [4.78, 5) is 40.8. The van der Waals surface area contributed by atoms with Crippen molar-refractivity contribution in [2.24, 2.45) is 0 Å². The van der Waals surface area contributed by atoms with Gasteiger partial charge < -0.3 is 19.7 Å². The van der Waals surface area contributed by atoms with Crippen molar-refractivity contribution < 1.29 is 24.6 Å². The molecule has 0 aliphatic carbocycles. The van der Waals surface area contributed by atoms with Crippen LogP contribution in [0.25, 0.3) is 10.9 Å². The van der Waals surface area contributed by atoms with Crippen molar-refractivity contribution in [3.05, 3.63) is 36.0 Å². The van der Waals surface area contributed by atoms with Crippen LogP contribution in [0, 0.1) is 0 Å². The van der Waals surface area contributed by atoms with Gasteiger partial charge in [0.2, 0.25) is 5.91 Å². The number of benzene rings is 1. The molecule has 2 N–H and O–H groups in total. The van der Waals surface area contributed by atoms with Crippen LogP contribution < -0.4 is 0 Å². The van der Waals surface area contributed by atoms with Gasteiger partial charge in [0.15, 0.2) is 0 Å². The lowest BCUT2D eigenvalue weighted by Gasteiger charge is -2.37. The Morgan fingerprint density at radius 3 is 2.28 bits per heavy atom. The number of hydrogen-bond acceptors (Lipinski definition) is 5. The molecule has 29 heavy (non-hydrogen) atoms. The van der Waals surface area contributed by atoms with Gasteiger partial charge in [0.1, 0.15) is 12.6 Å². The van der Waals surface area contributed by atoms with E-state index in [0.717, 1.165) is 5.39 Å². The van der Waals surface area contributed by atoms with Crippen LogP contribution in [0.2, 0.25) is 0 Å². The van der Waals surface area contributed by atoms with Crippen molar-refractivity contribution in [1.82, 2.24) is 19.3 Å². The number of carbonyl (C=O) groups excluding carboxylic acids is 1. The largest absolute Gasteiger partial charge is 0.480 e. The van der Waals surface area contributed by atoms with E-state index in [2.05, 4.69) is 0 Å². The van der Waals surface area contributed by atoms with Crippen LogP contribution in [0.1, 0.15) is 11.6 Å². The topological polar surface area (TPSA) is 106 Å². The fourth-order valence-corrected chi connectivity index (χ4v) is 3.77. The number of piperazine rings is 1. The Morgan fingerprint density at radius 2 is 1.69 bits per heavy atom. The first kappa shape index (κ1) is 20.8. The van der Waals surface area contributed by atoms with E-state index in [1.807, 2.05) is 21.9 Å². The second kappa shape index (κ2) is 8.62. The van der Waals surface area contributed by atoms with Gasteiger partial charge in [-0.2, -0.15) is 0 Å². The van der Waals surface area contributed by atoms with E-state index < -0.39 is 18.0 Å². The summed E-state index contributed by atoms with van der Waals surface area (Å²) in [6.07, 6.45) is 1.64. The Bertz CT molecular complexity index is 915. The van der Waals surface area contributed by atoms with Crippen molar-refractivity contribution >= 4 is 28.7 Å². The third-order valence-corrected chi connectivity index (χ3v) is 5.28. The molecular weight excluding hydrogens is 376 g/mol. The van der Waals surface area contributed by atoms with Gasteiger partial charge in [-0.05, 0) is 6.07 Å². The van der Waals surface area contributed by atoms with Crippen LogP contribution in [-0.4, -0.2) is 94.1 Å². The maximum absolute atomic E-state index is 12.2. The monoisotopic (exact) mass is 402 g/mol. The Balaban J connectivity index is 1.84. The minimum Gasteiger partial charge on any atom is -0.480 e. The summed E-state index contributed by atoms with van der Waals surface area (Å²) in [6.45, 7) is 2.30. The van der Waals surface area contributed by atoms with Gasteiger partial charge in [-0.15, -0.1) is 0 Å². The molecule has 1 aromatic carbocycles. The Morgan fingerprint density at radius 1 is 1.03 bits per heavy atom. The molecule has 156 valence electrons. The van der Waals surface area contributed by atoms with Gasteiger partial charge in [-0.1, -0.05) is 18.2 Å². The lowest BCUT2D eigenvalue weighted by molar-refractivity contribution is -0.145. The molecule has 1 aliphatic rings. The summed E-state index contributed by atoms with van der Waals surface area (Å²) in [5.41, 5.74) is 1.29. The quantitative estimate of drug-likeness (QED) is 0.697. The number of aromatic nitrogens is 1. The first-order valence-corrected chi connectivity index (χ1v) is 9.47. The maximum atomic E-state index is 12.2. The van der Waals surface area contributed by atoms with Gasteiger partial charge in [0.25, 0.3) is 0 Å². The third-order valence-electron chi connectivity index (χ3n) is 5.28. The number of aliphatic carboxylic acids is 2. The van der Waals surface area contributed by atoms with E-state index in [1.54, 1.807) is 41.9 Å². The zero-order valence-corrected chi connectivity index (χ0v) is 16.6. The minimum absolute atomic E-state index is 0.0185. The average Bonchev–Trinajstić information content (AvgIpc) is 3.00. The van der Waals surface area contributed by atoms with E-state index in [9.17, 15) is 24.6 Å². The molecule has 1 amide bonds. The standard InChI is InChI=1S/C20H26N4O5/c1-21(2)17(25)12-22-7-9-23(10-8-22)19(20(28)29)15-11-24(13-18(26)27)16-6-4-3-5-14(15)16/h3-6,11,19H,7-10,12-13H2,1-2H3,(H,26,27)(H,28,29). The molecule has 2 aromatic rings. The van der Waals surface area contributed by atoms with Crippen molar-refractivity contribution in [3.8, 4) is 0 Å². The number of carboxylic acids is 2. The van der Waals surface area contributed by atoms with Gasteiger partial charge >= 0.3 is 11.9 Å². The van der Waals surface area contributed by atoms with E-state index in [4.69, 9.17) is 0 Å². The van der Waals surface area contributed by atoms with Crippen molar-refractivity contribution in [3.63, 3.8) is 0 Å². The molecule has 9 nitrogen and oxygen atoms in total. The molecule has 9 heteroatoms. The van der Waals surface area contributed by atoms with Crippen LogP contribution in [0.4, 0.5) is 0 Å². The Kier molecular flexibility index (Phi) is 6.19. The first-order valence-electron chi connectivity index (χ1n) is 9.47. The molecule has 1 saturated heterocycles. The average molecular weight is 402 g/mol. The van der Waals surface area contributed by atoms with Crippen LogP contribution >= 0.6 is 0 Å². The third kappa shape index (κ3) is 4.57. The molecule has 1 aromatic heterocycles. The Hall–Kier alpha value is -2.91. The van der Waals surface area contributed by atoms with Crippen molar-refractivity contribution in [2.45, 2.75) is 12.6 Å². The molecule has 1 unspecified atom stereocenters. The van der Waals surface area contributed by atoms with Crippen LogP contribution in [0.5, 0.6) is 0 Å². The lowest BCUT2D eigenvalue weighted by atomic mass is 10.0. The summed E-state index contributed by atoms with van der Waals surface area (Å²) in [5, 5.41) is 19.9. The van der Waals surface area contributed by atoms with Crippen LogP contribution in [-0.2, 0) is 20.9 Å². The number of amides is 1. The number of nitrogens with zero attached hydrogens (tertiary/aromatic N) is 4. The highest BCUT2D eigenvalue weighted by Crippen LogP contribution is 2.31. The van der Waals surface area contributed by atoms with Crippen LogP contribution in [0.3, 0.4) is 0 Å². The zero-order valence-electron chi connectivity index (χ0n) is 16.6. The molecular formula is C20H26N4O5. The fraction of sp³-hybridized carbons (Fsp3) is 0.450. The summed E-state index contributed by atoms with van der Waals surface area (Å²) >= 11 is 0. The van der Waals surface area contributed by atoms with Crippen molar-refractivity contribution in [2.75, 3.05) is 46.8 Å². The zero-order chi connectivity index (χ0) is 21.1. The molecule has 0 radical (unpaired) electrons. The molecule has 2 heterocycles. The summed E-state index contributed by atoms with van der Waals surface area (Å²) < 4.78 is 1.58. The first-order chi connectivity index (χ1) is 13.8. The lowest BCUT2D eigenvalue weighted by Crippen LogP contribution is -2.51. The van der Waals surface area contributed by atoms with Crippen LogP contribution in [0.15, 0.2) is 30.5 Å². The number of fused-ring (bicyclic) bond motifs is 1. The van der Waals surface area contributed by atoms with Gasteiger partial charge in [0, 0.05) is 62.9 Å². The summed E-state index contributed by atoms with van der Waals surface area (Å²) in [6, 6.07) is 6.37. The molecule has 1 aliphatic heterocycles. The number of carboxylic acid groups (broad SMARTS) is 2. The van der Waals surface area contributed by atoms with E-state index >= 15 is 0 Å². The predicted molar refractivity (Wildman–Crippen MR) is 107 cm³/mol. The number of para-hydroxylation sites is 1. The SMILES string of the molecule is CN(C)C(=O)CN1CCN(C(C(=O)O)c2cn(CC(=O)O)c3ccccc23)CC1. The predicted octanol–water partition coefficient (Wildman–Crippen LogP) is 0.557. The van der Waals surface area contributed by atoms with E-state index in [0.29, 0.717) is 43.8 Å². The number of hydrogen-bond donors (Lipinski definition) is 2. The highest BCUT2D eigenvalue weighted by atomic mass is 16.4. The van der Waals surface area contributed by atoms with Gasteiger partial charge in [-0.25, -0.2) is 0 Å². The van der Waals surface area contributed by atoms with E-state index in [1.165, 1.54) is 0 Å². The molecule has 1 atom stereocenters. The molecule has 3 rings (SSSR count). The molecule has 0 spiro atoms. The summed E-state index contributed by atoms with van der Waals surface area (Å²) in [7, 11) is 3.43. The maximum Gasteiger partial charge on any atom is 0.325 e. The number of carbonyl (C=O) groups is 3. The highest BCUT2D eigenvalue weighted by Gasteiger charge is 2.33. The van der Waals surface area contributed by atoms with Gasteiger partial charge in [-0.3, -0.25) is 24.2 Å². The Labute approximate surface area is 168 Å². The second-order valence-corrected chi connectivity index (χ2v) is 7.46. The summed E-state index contributed by atoms with van der Waals surface area (Å²) in [5.74, 6) is -1.94. The molecule has 0 saturated carbocycles. The normalized spacial score (nSPS) is 16.6.